The third-order valence-corrected chi connectivity index (χ3v) is 5.23. The smallest absolute Gasteiger partial charge is 0.182 e. The molecule has 1 rings (SSSR count). The maximum Gasteiger partial charge on any atom is 0.182 e. The van der Waals surface area contributed by atoms with Crippen LogP contribution in [0.2, 0.25) is 10.0 Å². The maximum atomic E-state index is 12.1. The summed E-state index contributed by atoms with van der Waals surface area (Å²) in [6.45, 7) is 1.93. The van der Waals surface area contributed by atoms with Crippen LogP contribution in [-0.4, -0.2) is 20.2 Å². The highest BCUT2D eigenvalue weighted by Crippen LogP contribution is 2.28. The second-order valence-electron chi connectivity index (χ2n) is 3.51. The molecule has 0 radical (unpaired) electrons. The van der Waals surface area contributed by atoms with Crippen molar-refractivity contribution in [3.8, 4) is 0 Å². The molecule has 0 aliphatic rings. The lowest BCUT2D eigenvalue weighted by atomic mass is 10.3. The Morgan fingerprint density at radius 3 is 2.56 bits per heavy atom. The Kier molecular flexibility index (Phi) is 4.62. The van der Waals surface area contributed by atoms with E-state index in [0.29, 0.717) is 18.0 Å². The van der Waals surface area contributed by atoms with E-state index in [4.69, 9.17) is 28.9 Å². The molecule has 0 aromatic heterocycles. The number of benzene rings is 1. The van der Waals surface area contributed by atoms with Crippen molar-refractivity contribution in [2.24, 2.45) is 5.73 Å². The standard InChI is InChI=1S/C10H13Cl2NO2S/c1-7(4-5-13)16(14,15)10-6-8(11)2-3-9(10)12/h2-3,6-7H,4-5,13H2,1H3. The van der Waals surface area contributed by atoms with E-state index < -0.39 is 15.1 Å². The molecule has 0 aliphatic heterocycles. The van der Waals surface area contributed by atoms with E-state index in [-0.39, 0.29) is 9.92 Å². The Morgan fingerprint density at radius 2 is 2.00 bits per heavy atom. The monoisotopic (exact) mass is 281 g/mol. The first-order valence-corrected chi connectivity index (χ1v) is 7.09. The highest BCUT2D eigenvalue weighted by atomic mass is 35.5. The summed E-state index contributed by atoms with van der Waals surface area (Å²) in [5.74, 6) is 0. The molecule has 1 aromatic carbocycles. The molecule has 0 spiro atoms. The van der Waals surface area contributed by atoms with E-state index in [1.165, 1.54) is 12.1 Å². The van der Waals surface area contributed by atoms with Crippen LogP contribution < -0.4 is 5.73 Å². The summed E-state index contributed by atoms with van der Waals surface area (Å²) >= 11 is 11.6. The van der Waals surface area contributed by atoms with E-state index in [9.17, 15) is 8.42 Å². The fourth-order valence-corrected chi connectivity index (χ4v) is 3.49. The number of nitrogens with two attached hydrogens (primary N) is 1. The van der Waals surface area contributed by atoms with Crippen LogP contribution >= 0.6 is 23.2 Å². The Hall–Kier alpha value is -0.290. The van der Waals surface area contributed by atoms with E-state index in [1.54, 1.807) is 13.0 Å². The zero-order valence-corrected chi connectivity index (χ0v) is 11.1. The Bertz CT molecular complexity index is 474. The van der Waals surface area contributed by atoms with Gasteiger partial charge in [0.1, 0.15) is 0 Å². The van der Waals surface area contributed by atoms with Gasteiger partial charge < -0.3 is 5.73 Å². The van der Waals surface area contributed by atoms with Crippen molar-refractivity contribution in [1.29, 1.82) is 0 Å². The topological polar surface area (TPSA) is 60.2 Å². The predicted molar refractivity (Wildman–Crippen MR) is 66.8 cm³/mol. The quantitative estimate of drug-likeness (QED) is 0.923. The third-order valence-electron chi connectivity index (χ3n) is 2.30. The average Bonchev–Trinajstić information content (AvgIpc) is 2.22. The molecule has 0 heterocycles. The van der Waals surface area contributed by atoms with Crippen molar-refractivity contribution in [2.75, 3.05) is 6.54 Å². The molecule has 16 heavy (non-hydrogen) atoms. The van der Waals surface area contributed by atoms with Gasteiger partial charge in [0.15, 0.2) is 9.84 Å². The molecule has 6 heteroatoms. The van der Waals surface area contributed by atoms with Crippen LogP contribution in [0, 0.1) is 0 Å². The molecule has 0 bridgehead atoms. The molecule has 2 N–H and O–H groups in total. The molecule has 1 aromatic rings. The Labute approximate surface area is 105 Å². The lowest BCUT2D eigenvalue weighted by Crippen LogP contribution is -2.21. The van der Waals surface area contributed by atoms with E-state index in [1.807, 2.05) is 0 Å². The van der Waals surface area contributed by atoms with Crippen molar-refractivity contribution in [3.05, 3.63) is 28.2 Å². The van der Waals surface area contributed by atoms with Crippen LogP contribution in [0.3, 0.4) is 0 Å². The number of halogens is 2. The second-order valence-corrected chi connectivity index (χ2v) is 6.69. The highest BCUT2D eigenvalue weighted by molar-refractivity contribution is 7.92. The van der Waals surface area contributed by atoms with Crippen LogP contribution in [0.15, 0.2) is 23.1 Å². The number of sulfone groups is 1. The third kappa shape index (κ3) is 2.88. The maximum absolute atomic E-state index is 12.1. The molecular weight excluding hydrogens is 269 g/mol. The Balaban J connectivity index is 3.21. The summed E-state index contributed by atoms with van der Waals surface area (Å²) < 4.78 is 24.2. The van der Waals surface area contributed by atoms with E-state index in [0.717, 1.165) is 0 Å². The summed E-state index contributed by atoms with van der Waals surface area (Å²) in [6, 6.07) is 4.40. The van der Waals surface area contributed by atoms with Gasteiger partial charge in [0, 0.05) is 5.02 Å². The molecule has 0 amide bonds. The van der Waals surface area contributed by atoms with Gasteiger partial charge in [0.25, 0.3) is 0 Å². The zero-order valence-electron chi connectivity index (χ0n) is 8.78. The molecule has 0 aliphatic carbocycles. The van der Waals surface area contributed by atoms with Crippen LogP contribution in [-0.2, 0) is 9.84 Å². The summed E-state index contributed by atoms with van der Waals surface area (Å²) in [6.07, 6.45) is 0.394. The second kappa shape index (κ2) is 5.36. The average molecular weight is 282 g/mol. The first kappa shape index (κ1) is 13.8. The summed E-state index contributed by atoms with van der Waals surface area (Å²) in [5.41, 5.74) is 5.35. The minimum absolute atomic E-state index is 0.0719. The van der Waals surface area contributed by atoms with Gasteiger partial charge in [-0.15, -0.1) is 0 Å². The molecule has 0 saturated heterocycles. The van der Waals surface area contributed by atoms with Gasteiger partial charge in [-0.1, -0.05) is 23.2 Å². The fourth-order valence-electron chi connectivity index (χ4n) is 1.30. The first-order valence-electron chi connectivity index (χ1n) is 4.78. The van der Waals surface area contributed by atoms with Crippen LogP contribution in [0.4, 0.5) is 0 Å². The Morgan fingerprint density at radius 1 is 1.38 bits per heavy atom. The SMILES string of the molecule is CC(CCN)S(=O)(=O)c1cc(Cl)ccc1Cl. The fraction of sp³-hybridized carbons (Fsp3) is 0.400. The number of hydrogen-bond donors (Lipinski definition) is 1. The van der Waals surface area contributed by atoms with Crippen molar-refractivity contribution < 1.29 is 8.42 Å². The van der Waals surface area contributed by atoms with Crippen molar-refractivity contribution in [1.82, 2.24) is 0 Å². The van der Waals surface area contributed by atoms with Gasteiger partial charge in [-0.25, -0.2) is 8.42 Å². The van der Waals surface area contributed by atoms with Crippen LogP contribution in [0.5, 0.6) is 0 Å². The molecule has 1 atom stereocenters. The molecule has 90 valence electrons. The lowest BCUT2D eigenvalue weighted by Gasteiger charge is -2.13. The molecule has 0 fully saturated rings. The van der Waals surface area contributed by atoms with Crippen LogP contribution in [0.25, 0.3) is 0 Å². The predicted octanol–water partition coefficient (Wildman–Crippen LogP) is 2.50. The van der Waals surface area contributed by atoms with Gasteiger partial charge in [0.05, 0.1) is 15.2 Å². The van der Waals surface area contributed by atoms with Gasteiger partial charge in [-0.05, 0) is 38.1 Å². The van der Waals surface area contributed by atoms with E-state index in [2.05, 4.69) is 0 Å². The largest absolute Gasteiger partial charge is 0.330 e. The van der Waals surface area contributed by atoms with Gasteiger partial charge in [-0.2, -0.15) is 0 Å². The van der Waals surface area contributed by atoms with Crippen LogP contribution in [0.1, 0.15) is 13.3 Å². The summed E-state index contributed by atoms with van der Waals surface area (Å²) in [4.78, 5) is 0.0719. The van der Waals surface area contributed by atoms with Gasteiger partial charge in [-0.3, -0.25) is 0 Å². The number of hydrogen-bond acceptors (Lipinski definition) is 3. The normalized spacial score (nSPS) is 13.8. The highest BCUT2D eigenvalue weighted by Gasteiger charge is 2.25. The molecular formula is C10H13Cl2NO2S. The molecule has 1 unspecified atom stereocenters. The summed E-state index contributed by atoms with van der Waals surface area (Å²) in [5, 5.41) is -0.0235. The molecule has 0 saturated carbocycles. The van der Waals surface area contributed by atoms with E-state index >= 15 is 0 Å². The van der Waals surface area contributed by atoms with Gasteiger partial charge in [0.2, 0.25) is 0 Å². The first-order chi connectivity index (χ1) is 7.39. The summed E-state index contributed by atoms with van der Waals surface area (Å²) in [7, 11) is -3.45. The van der Waals surface area contributed by atoms with Gasteiger partial charge >= 0.3 is 0 Å². The number of rotatable bonds is 4. The minimum Gasteiger partial charge on any atom is -0.330 e. The van der Waals surface area contributed by atoms with Crippen molar-refractivity contribution >= 4 is 33.0 Å². The van der Waals surface area contributed by atoms with Crippen molar-refractivity contribution in [2.45, 2.75) is 23.5 Å². The zero-order chi connectivity index (χ0) is 12.3. The molecule has 3 nitrogen and oxygen atoms in total. The minimum atomic E-state index is -3.45. The van der Waals surface area contributed by atoms with Crippen molar-refractivity contribution in [3.63, 3.8) is 0 Å². The lowest BCUT2D eigenvalue weighted by molar-refractivity contribution is 0.578.